The first-order valence-corrected chi connectivity index (χ1v) is 13.2. The largest absolute Gasteiger partial charge is 0.459 e. The molecule has 0 radical (unpaired) electrons. The Morgan fingerprint density at radius 2 is 2.08 bits per heavy atom. The average molecular weight is 540 g/mol. The Morgan fingerprint density at radius 3 is 2.69 bits per heavy atom. The van der Waals surface area contributed by atoms with Crippen LogP contribution in [0.15, 0.2) is 45.9 Å². The lowest BCUT2D eigenvalue weighted by Gasteiger charge is -2.25. The summed E-state index contributed by atoms with van der Waals surface area (Å²) in [6.07, 6.45) is 8.11. The first kappa shape index (κ1) is 27.8. The molecule has 0 spiro atoms. The number of carbonyl (C=O) groups is 4. The molecule has 4 rings (SSSR count). The molecule has 0 bridgehead atoms. The summed E-state index contributed by atoms with van der Waals surface area (Å²) in [5.41, 5.74) is -0.569. The third-order valence-electron chi connectivity index (χ3n) is 6.94. The number of hydrogen-bond donors (Lipinski definition) is 3. The maximum atomic E-state index is 13.4. The van der Waals surface area contributed by atoms with E-state index in [0.29, 0.717) is 25.1 Å². The zero-order chi connectivity index (χ0) is 27.9. The van der Waals surface area contributed by atoms with Crippen LogP contribution in [0.1, 0.15) is 67.7 Å². The van der Waals surface area contributed by atoms with Crippen LogP contribution in [0.3, 0.4) is 0 Å². The van der Waals surface area contributed by atoms with Crippen molar-refractivity contribution in [3.05, 3.63) is 58.4 Å². The molecule has 2 aliphatic rings. The number of anilines is 1. The Bertz CT molecular complexity index is 1310. The van der Waals surface area contributed by atoms with Crippen LogP contribution in [0, 0.1) is 12.8 Å². The summed E-state index contributed by atoms with van der Waals surface area (Å²) in [6, 6.07) is 2.89. The van der Waals surface area contributed by atoms with Crippen LogP contribution in [0.2, 0.25) is 0 Å². The molecular weight excluding hydrogens is 506 g/mol. The van der Waals surface area contributed by atoms with E-state index in [1.54, 1.807) is 19.9 Å². The van der Waals surface area contributed by atoms with Gasteiger partial charge >= 0.3 is 5.97 Å². The number of nitrogens with one attached hydrogen (secondary N) is 3. The molecule has 3 N–H and O–H groups in total. The minimum Gasteiger partial charge on any atom is -0.459 e. The van der Waals surface area contributed by atoms with Crippen LogP contribution in [-0.4, -0.2) is 52.1 Å². The molecular formula is C27H33N5O7. The molecule has 3 unspecified atom stereocenters. The van der Waals surface area contributed by atoms with Crippen molar-refractivity contribution in [2.75, 3.05) is 11.9 Å². The first-order chi connectivity index (χ1) is 18.7. The minimum absolute atomic E-state index is 0.0211. The molecule has 12 heteroatoms. The number of pyridine rings is 1. The fourth-order valence-electron chi connectivity index (χ4n) is 4.55. The summed E-state index contributed by atoms with van der Waals surface area (Å²) >= 11 is 0. The normalized spacial score (nSPS) is 18.7. The van der Waals surface area contributed by atoms with E-state index in [1.165, 1.54) is 35.0 Å². The summed E-state index contributed by atoms with van der Waals surface area (Å²) < 4.78 is 11.5. The van der Waals surface area contributed by atoms with E-state index >= 15 is 0 Å². The Labute approximate surface area is 225 Å². The van der Waals surface area contributed by atoms with Gasteiger partial charge in [-0.1, -0.05) is 18.2 Å². The van der Waals surface area contributed by atoms with Crippen molar-refractivity contribution in [2.24, 2.45) is 5.92 Å². The number of aromatic nitrogens is 2. The lowest BCUT2D eigenvalue weighted by Crippen LogP contribution is -2.43. The second-order valence-electron chi connectivity index (χ2n) is 9.81. The second-order valence-corrected chi connectivity index (χ2v) is 9.81. The highest BCUT2D eigenvalue weighted by molar-refractivity contribution is 6.02. The highest BCUT2D eigenvalue weighted by Gasteiger charge is 2.29. The minimum atomic E-state index is -0.904. The van der Waals surface area contributed by atoms with Gasteiger partial charge in [0.25, 0.3) is 11.5 Å². The van der Waals surface area contributed by atoms with E-state index in [4.69, 9.17) is 9.26 Å². The number of esters is 1. The summed E-state index contributed by atoms with van der Waals surface area (Å²) in [5, 5.41) is 11.8. The standard InChI is InChI=1S/C27H33N5O7/c1-3-22(32-13-5-8-20(27(32)37)30-25(35)21-14-16(2)39-31-21)26(36)29-18(15-17-11-12-28-24(17)34)9-10-23(33)38-19-6-4-7-19/h5,8-10,13-14,17-19,22H,3-4,6-7,11-12,15H2,1-2H3,(H,28,34)(H,29,36)(H,30,35). The van der Waals surface area contributed by atoms with E-state index in [-0.39, 0.29) is 35.7 Å². The van der Waals surface area contributed by atoms with E-state index in [9.17, 15) is 24.0 Å². The number of nitrogens with zero attached hydrogens (tertiary/aromatic N) is 2. The van der Waals surface area contributed by atoms with Gasteiger partial charge in [-0.15, -0.1) is 0 Å². The highest BCUT2D eigenvalue weighted by atomic mass is 16.5. The molecule has 1 saturated heterocycles. The molecule has 39 heavy (non-hydrogen) atoms. The molecule has 12 nitrogen and oxygen atoms in total. The van der Waals surface area contributed by atoms with Gasteiger partial charge in [-0.2, -0.15) is 0 Å². The van der Waals surface area contributed by atoms with E-state index in [1.807, 2.05) is 0 Å². The van der Waals surface area contributed by atoms with Gasteiger partial charge in [0.2, 0.25) is 11.8 Å². The molecule has 1 saturated carbocycles. The van der Waals surface area contributed by atoms with Crippen molar-refractivity contribution in [2.45, 2.75) is 70.6 Å². The number of hydrogen-bond acceptors (Lipinski definition) is 8. The molecule has 0 aromatic carbocycles. The summed E-state index contributed by atoms with van der Waals surface area (Å²) in [7, 11) is 0. The topological polar surface area (TPSA) is 162 Å². The van der Waals surface area contributed by atoms with Gasteiger partial charge in [0.05, 0.1) is 0 Å². The molecule has 3 amide bonds. The maximum absolute atomic E-state index is 13.4. The van der Waals surface area contributed by atoms with Crippen molar-refractivity contribution >= 4 is 29.4 Å². The van der Waals surface area contributed by atoms with Gasteiger partial charge in [-0.05, 0) is 57.6 Å². The fraction of sp³-hybridized carbons (Fsp3) is 0.481. The number of carbonyl (C=O) groups excluding carboxylic acids is 4. The summed E-state index contributed by atoms with van der Waals surface area (Å²) in [4.78, 5) is 63.5. The Balaban J connectivity index is 1.49. The van der Waals surface area contributed by atoms with Crippen LogP contribution in [-0.2, 0) is 19.1 Å². The van der Waals surface area contributed by atoms with Crippen LogP contribution in [0.25, 0.3) is 0 Å². The van der Waals surface area contributed by atoms with Gasteiger partial charge in [0.1, 0.15) is 23.6 Å². The summed E-state index contributed by atoms with van der Waals surface area (Å²) in [5.74, 6) is -1.55. The zero-order valence-corrected chi connectivity index (χ0v) is 22.0. The molecule has 2 aromatic heterocycles. The molecule has 2 fully saturated rings. The van der Waals surface area contributed by atoms with E-state index in [2.05, 4.69) is 21.1 Å². The van der Waals surface area contributed by atoms with Crippen molar-refractivity contribution in [3.63, 3.8) is 0 Å². The lowest BCUT2D eigenvalue weighted by molar-refractivity contribution is -0.146. The molecule has 208 valence electrons. The van der Waals surface area contributed by atoms with E-state index < -0.39 is 35.4 Å². The van der Waals surface area contributed by atoms with Crippen molar-refractivity contribution in [3.8, 4) is 0 Å². The first-order valence-electron chi connectivity index (χ1n) is 13.2. The fourth-order valence-corrected chi connectivity index (χ4v) is 4.55. The number of rotatable bonds is 11. The third kappa shape index (κ3) is 7.01. The highest BCUT2D eigenvalue weighted by Crippen LogP contribution is 2.22. The average Bonchev–Trinajstić information content (AvgIpc) is 3.50. The van der Waals surface area contributed by atoms with Gasteiger partial charge in [-0.3, -0.25) is 19.2 Å². The van der Waals surface area contributed by atoms with Gasteiger partial charge in [-0.25, -0.2) is 4.79 Å². The van der Waals surface area contributed by atoms with Crippen LogP contribution < -0.4 is 21.5 Å². The maximum Gasteiger partial charge on any atom is 0.330 e. The number of ether oxygens (including phenoxy) is 1. The van der Waals surface area contributed by atoms with Crippen LogP contribution in [0.4, 0.5) is 5.69 Å². The van der Waals surface area contributed by atoms with Crippen LogP contribution in [0.5, 0.6) is 0 Å². The second kappa shape index (κ2) is 12.5. The Kier molecular flexibility index (Phi) is 8.95. The molecule has 3 heterocycles. The van der Waals surface area contributed by atoms with Crippen molar-refractivity contribution < 1.29 is 28.4 Å². The summed E-state index contributed by atoms with van der Waals surface area (Å²) in [6.45, 7) is 3.95. The SMILES string of the molecule is CCC(C(=O)NC(C=CC(=O)OC1CCC1)CC1CCNC1=O)n1cccc(NC(=O)c2cc(C)on2)c1=O. The zero-order valence-electron chi connectivity index (χ0n) is 22.0. The third-order valence-corrected chi connectivity index (χ3v) is 6.94. The Hall–Kier alpha value is -4.22. The monoisotopic (exact) mass is 539 g/mol. The van der Waals surface area contributed by atoms with Crippen molar-refractivity contribution in [1.82, 2.24) is 20.4 Å². The smallest absolute Gasteiger partial charge is 0.330 e. The van der Waals surface area contributed by atoms with Crippen molar-refractivity contribution in [1.29, 1.82) is 0 Å². The number of aryl methyl sites for hydroxylation is 1. The van der Waals surface area contributed by atoms with Crippen LogP contribution >= 0.6 is 0 Å². The molecule has 1 aliphatic carbocycles. The molecule has 1 aliphatic heterocycles. The van der Waals surface area contributed by atoms with Gasteiger partial charge < -0.3 is 29.8 Å². The molecule has 3 atom stereocenters. The predicted molar refractivity (Wildman–Crippen MR) is 140 cm³/mol. The van der Waals surface area contributed by atoms with Gasteiger partial charge in [0.15, 0.2) is 5.69 Å². The number of amides is 3. The van der Waals surface area contributed by atoms with Gasteiger partial charge in [0, 0.05) is 36.8 Å². The molecule has 2 aromatic rings. The predicted octanol–water partition coefficient (Wildman–Crippen LogP) is 2.01. The Morgan fingerprint density at radius 1 is 1.28 bits per heavy atom. The quantitative estimate of drug-likeness (QED) is 0.289. The lowest BCUT2D eigenvalue weighted by atomic mass is 9.96. The van der Waals surface area contributed by atoms with E-state index in [0.717, 1.165) is 19.3 Å².